The van der Waals surface area contributed by atoms with E-state index in [1.165, 1.54) is 0 Å². The third-order valence-corrected chi connectivity index (χ3v) is 5.50. The Bertz CT molecular complexity index is 1050. The van der Waals surface area contributed by atoms with Gasteiger partial charge in [-0.3, -0.25) is 4.79 Å². The number of nitrogens with one attached hydrogen (secondary N) is 1. The minimum Gasteiger partial charge on any atom is -0.356 e. The average molecular weight is 366 g/mol. The first-order valence-corrected chi connectivity index (χ1v) is 9.65. The van der Waals surface area contributed by atoms with Crippen molar-refractivity contribution in [2.24, 2.45) is 0 Å². The van der Waals surface area contributed by atoms with Gasteiger partial charge in [0.2, 0.25) is 0 Å². The molecule has 0 aliphatic carbocycles. The molecule has 1 N–H and O–H groups in total. The molecule has 7 nitrogen and oxygen atoms in total. The summed E-state index contributed by atoms with van der Waals surface area (Å²) >= 11 is 0. The highest BCUT2D eigenvalue weighted by Crippen LogP contribution is 2.30. The van der Waals surface area contributed by atoms with Crippen LogP contribution in [0.25, 0.3) is 5.65 Å². The predicted octanol–water partition coefficient (Wildman–Crippen LogP) is 2.68. The second-order valence-corrected chi connectivity index (χ2v) is 7.45. The van der Waals surface area contributed by atoms with Crippen molar-refractivity contribution in [3.8, 4) is 0 Å². The lowest BCUT2D eigenvalue weighted by Crippen LogP contribution is -2.36. The van der Waals surface area contributed by atoms with E-state index < -0.39 is 0 Å². The van der Waals surface area contributed by atoms with Crippen LogP contribution in [0.3, 0.4) is 0 Å². The minimum absolute atomic E-state index is 0.0764. The van der Waals surface area contributed by atoms with Gasteiger partial charge in [-0.25, -0.2) is 9.97 Å². The molecule has 3 aromatic heterocycles. The van der Waals surface area contributed by atoms with Gasteiger partial charge in [0.05, 0.1) is 11.4 Å². The van der Waals surface area contributed by atoms with Crippen LogP contribution in [0.2, 0.25) is 0 Å². The van der Waals surface area contributed by atoms with Crippen LogP contribution in [-0.4, -0.2) is 37.7 Å². The van der Waals surface area contributed by atoms with Crippen LogP contribution in [0.1, 0.15) is 54.2 Å². The molecule has 4 rings (SSSR count). The summed E-state index contributed by atoms with van der Waals surface area (Å²) in [5.74, 6) is 2.00. The largest absolute Gasteiger partial charge is 0.356 e. The number of aromatic nitrogens is 5. The Labute approximate surface area is 158 Å². The van der Waals surface area contributed by atoms with Crippen molar-refractivity contribution in [2.45, 2.75) is 52.9 Å². The second-order valence-electron chi connectivity index (χ2n) is 7.45. The van der Waals surface area contributed by atoms with Gasteiger partial charge < -0.3 is 9.88 Å². The van der Waals surface area contributed by atoms with Crippen molar-refractivity contribution in [3.63, 3.8) is 0 Å². The Balaban J connectivity index is 1.75. The number of piperidine rings is 1. The molecule has 0 unspecified atom stereocenters. The maximum Gasteiger partial charge on any atom is 0.251 e. The van der Waals surface area contributed by atoms with Gasteiger partial charge in [-0.2, -0.15) is 9.61 Å². The quantitative estimate of drug-likeness (QED) is 0.771. The molecule has 3 aromatic rings. The van der Waals surface area contributed by atoms with Crippen molar-refractivity contribution in [3.05, 3.63) is 51.0 Å². The molecule has 7 heteroatoms. The van der Waals surface area contributed by atoms with Gasteiger partial charge in [0.25, 0.3) is 5.56 Å². The molecule has 0 saturated carbocycles. The fraction of sp³-hybridized carbons (Fsp3) is 0.500. The van der Waals surface area contributed by atoms with E-state index in [1.807, 2.05) is 18.4 Å². The van der Waals surface area contributed by atoms with Crippen molar-refractivity contribution < 1.29 is 0 Å². The zero-order chi connectivity index (χ0) is 19.1. The first-order chi connectivity index (χ1) is 13.0. The first-order valence-electron chi connectivity index (χ1n) is 9.65. The Morgan fingerprint density at radius 3 is 2.78 bits per heavy atom. The maximum absolute atomic E-state index is 11.9. The van der Waals surface area contributed by atoms with Gasteiger partial charge in [0.15, 0.2) is 5.65 Å². The van der Waals surface area contributed by atoms with Crippen molar-refractivity contribution in [1.82, 2.24) is 24.6 Å². The summed E-state index contributed by atoms with van der Waals surface area (Å²) in [5.41, 5.74) is 4.97. The molecule has 0 spiro atoms. The number of hydrogen-bond acceptors (Lipinski definition) is 5. The smallest absolute Gasteiger partial charge is 0.251 e. The van der Waals surface area contributed by atoms with Gasteiger partial charge in [-0.15, -0.1) is 0 Å². The topological polar surface area (TPSA) is 79.2 Å². The highest BCUT2D eigenvalue weighted by atomic mass is 16.1. The highest BCUT2D eigenvalue weighted by Gasteiger charge is 2.26. The molecule has 1 saturated heterocycles. The molecular formula is C20H26N6O. The summed E-state index contributed by atoms with van der Waals surface area (Å²) in [7, 11) is 0. The molecule has 0 radical (unpaired) electrons. The molecule has 1 fully saturated rings. The molecule has 0 aromatic carbocycles. The number of nitrogens with zero attached hydrogens (tertiary/aromatic N) is 5. The second kappa shape index (κ2) is 6.79. The molecule has 0 amide bonds. The van der Waals surface area contributed by atoms with Crippen LogP contribution < -0.4 is 10.5 Å². The van der Waals surface area contributed by atoms with Gasteiger partial charge in [-0.05, 0) is 40.0 Å². The monoisotopic (exact) mass is 366 g/mol. The summed E-state index contributed by atoms with van der Waals surface area (Å²) < 4.78 is 1.97. The van der Waals surface area contributed by atoms with Crippen molar-refractivity contribution in [1.29, 1.82) is 0 Å². The fourth-order valence-corrected chi connectivity index (χ4v) is 3.91. The van der Waals surface area contributed by atoms with Crippen LogP contribution in [0.15, 0.2) is 16.9 Å². The number of aryl methyl sites for hydroxylation is 4. The molecule has 1 aliphatic rings. The SMILES string of the molecule is CCc1cc(N2CCC[C@H](c3cc(=O)[nH]c(C)n3)C2)n2nc(C)c(C)c2n1. The van der Waals surface area contributed by atoms with Crippen LogP contribution in [0.4, 0.5) is 5.82 Å². The van der Waals surface area contributed by atoms with E-state index in [-0.39, 0.29) is 11.5 Å². The Morgan fingerprint density at radius 2 is 2.04 bits per heavy atom. The number of H-pyrrole nitrogens is 1. The molecule has 1 atom stereocenters. The van der Waals surface area contributed by atoms with E-state index in [9.17, 15) is 4.79 Å². The van der Waals surface area contributed by atoms with E-state index in [1.54, 1.807) is 6.07 Å². The molecule has 4 heterocycles. The molecule has 1 aliphatic heterocycles. The van der Waals surface area contributed by atoms with E-state index in [4.69, 9.17) is 10.1 Å². The van der Waals surface area contributed by atoms with Crippen molar-refractivity contribution >= 4 is 11.5 Å². The number of fused-ring (bicyclic) bond motifs is 1. The van der Waals surface area contributed by atoms with Gasteiger partial charge in [0, 0.05) is 42.4 Å². The van der Waals surface area contributed by atoms with Crippen LogP contribution >= 0.6 is 0 Å². The summed E-state index contributed by atoms with van der Waals surface area (Å²) in [6.07, 6.45) is 2.99. The fourth-order valence-electron chi connectivity index (χ4n) is 3.91. The standard InChI is InChI=1S/C20H26N6O/c1-5-16-9-19(26-20(23-16)12(2)13(3)24-26)25-8-6-7-15(11-25)17-10-18(27)22-14(4)21-17/h9-10,15H,5-8,11H2,1-4H3,(H,21,22,27)/t15-/m0/s1. The maximum atomic E-state index is 11.9. The van der Waals surface area contributed by atoms with Crippen LogP contribution in [0, 0.1) is 20.8 Å². The lowest BCUT2D eigenvalue weighted by atomic mass is 9.94. The third-order valence-electron chi connectivity index (χ3n) is 5.50. The Morgan fingerprint density at radius 1 is 1.22 bits per heavy atom. The summed E-state index contributed by atoms with van der Waals surface area (Å²) in [5, 5.41) is 4.73. The predicted molar refractivity (Wildman–Crippen MR) is 106 cm³/mol. The van der Waals surface area contributed by atoms with Crippen LogP contribution in [0.5, 0.6) is 0 Å². The zero-order valence-electron chi connectivity index (χ0n) is 16.4. The first kappa shape index (κ1) is 17.7. The van der Waals surface area contributed by atoms with Gasteiger partial charge >= 0.3 is 0 Å². The summed E-state index contributed by atoms with van der Waals surface area (Å²) in [4.78, 5) is 26.3. The average Bonchev–Trinajstić information content (AvgIpc) is 2.94. The number of anilines is 1. The van der Waals surface area contributed by atoms with E-state index in [0.29, 0.717) is 5.82 Å². The van der Waals surface area contributed by atoms with E-state index >= 15 is 0 Å². The van der Waals surface area contributed by atoms with E-state index in [0.717, 1.165) is 66.5 Å². The number of hydrogen-bond donors (Lipinski definition) is 1. The molecule has 27 heavy (non-hydrogen) atoms. The third kappa shape index (κ3) is 3.22. The van der Waals surface area contributed by atoms with E-state index in [2.05, 4.69) is 34.8 Å². The van der Waals surface area contributed by atoms with Crippen molar-refractivity contribution in [2.75, 3.05) is 18.0 Å². The molecule has 0 bridgehead atoms. The van der Waals surface area contributed by atoms with Gasteiger partial charge in [0.1, 0.15) is 11.6 Å². The normalized spacial score (nSPS) is 17.6. The Hall–Kier alpha value is -2.70. The lowest BCUT2D eigenvalue weighted by molar-refractivity contribution is 0.493. The van der Waals surface area contributed by atoms with Gasteiger partial charge in [-0.1, -0.05) is 6.92 Å². The zero-order valence-corrected chi connectivity index (χ0v) is 16.4. The van der Waals surface area contributed by atoms with Crippen LogP contribution in [-0.2, 0) is 6.42 Å². The molecular weight excluding hydrogens is 340 g/mol. The molecule has 142 valence electrons. The highest BCUT2D eigenvalue weighted by molar-refractivity contribution is 5.57. The lowest BCUT2D eigenvalue weighted by Gasteiger charge is -2.34. The number of rotatable bonds is 3. The summed E-state index contributed by atoms with van der Waals surface area (Å²) in [6, 6.07) is 3.79. The Kier molecular flexibility index (Phi) is 4.45. The number of aromatic amines is 1. The minimum atomic E-state index is -0.0764. The summed E-state index contributed by atoms with van der Waals surface area (Å²) in [6.45, 7) is 9.87.